The fourth-order valence-electron chi connectivity index (χ4n) is 2.25. The second-order valence-corrected chi connectivity index (χ2v) is 5.17. The Kier molecular flexibility index (Phi) is 4.05. The van der Waals surface area contributed by atoms with Crippen LogP contribution in [0.3, 0.4) is 0 Å². The number of benzene rings is 2. The minimum absolute atomic E-state index is 0.0106. The third-order valence-electron chi connectivity index (χ3n) is 3.35. The van der Waals surface area contributed by atoms with E-state index in [4.69, 9.17) is 17.3 Å². The van der Waals surface area contributed by atoms with Crippen LogP contribution < -0.4 is 5.73 Å². The van der Waals surface area contributed by atoms with Crippen LogP contribution in [-0.4, -0.2) is 0 Å². The Hall–Kier alpha value is -1.31. The van der Waals surface area contributed by atoms with Gasteiger partial charge in [-0.3, -0.25) is 0 Å². The average Bonchev–Trinajstić information content (AvgIpc) is 2.34. The van der Waals surface area contributed by atoms with E-state index >= 15 is 0 Å². The summed E-state index contributed by atoms with van der Waals surface area (Å²) in [5.74, 6) is 0. The van der Waals surface area contributed by atoms with Crippen molar-refractivity contribution in [1.29, 1.82) is 0 Å². The smallest absolute Gasteiger partial charge is 0.0409 e. The first kappa shape index (κ1) is 13.1. The van der Waals surface area contributed by atoms with Gasteiger partial charge in [-0.1, -0.05) is 41.9 Å². The molecule has 0 aromatic heterocycles. The van der Waals surface area contributed by atoms with Crippen molar-refractivity contribution in [2.24, 2.45) is 5.73 Å². The highest BCUT2D eigenvalue weighted by Crippen LogP contribution is 2.23. The number of rotatable bonds is 3. The Morgan fingerprint density at radius 2 is 1.67 bits per heavy atom. The van der Waals surface area contributed by atoms with Crippen LogP contribution in [0.4, 0.5) is 0 Å². The van der Waals surface area contributed by atoms with Crippen molar-refractivity contribution in [3.63, 3.8) is 0 Å². The molecule has 0 aliphatic heterocycles. The van der Waals surface area contributed by atoms with Crippen LogP contribution in [0, 0.1) is 13.8 Å². The van der Waals surface area contributed by atoms with Crippen molar-refractivity contribution in [2.45, 2.75) is 26.3 Å². The predicted octanol–water partition coefficient (Wildman–Crippen LogP) is 4.20. The summed E-state index contributed by atoms with van der Waals surface area (Å²) in [6.45, 7) is 4.26. The molecule has 0 saturated heterocycles. The minimum atomic E-state index is -0.0106. The van der Waals surface area contributed by atoms with Gasteiger partial charge in [0.2, 0.25) is 0 Å². The van der Waals surface area contributed by atoms with Crippen LogP contribution in [-0.2, 0) is 6.42 Å². The van der Waals surface area contributed by atoms with Gasteiger partial charge in [0.15, 0.2) is 0 Å². The summed E-state index contributed by atoms with van der Waals surface area (Å²) in [6, 6.07) is 14.1. The van der Waals surface area contributed by atoms with Gasteiger partial charge in [-0.05, 0) is 54.7 Å². The van der Waals surface area contributed by atoms with Gasteiger partial charge in [0, 0.05) is 11.1 Å². The monoisotopic (exact) mass is 259 g/mol. The highest BCUT2D eigenvalue weighted by Gasteiger charge is 2.10. The van der Waals surface area contributed by atoms with Gasteiger partial charge in [0.25, 0.3) is 0 Å². The zero-order valence-electron chi connectivity index (χ0n) is 10.8. The summed E-state index contributed by atoms with van der Waals surface area (Å²) < 4.78 is 0. The first-order valence-electron chi connectivity index (χ1n) is 6.14. The van der Waals surface area contributed by atoms with Crippen LogP contribution in [0.5, 0.6) is 0 Å². The van der Waals surface area contributed by atoms with Crippen LogP contribution in [0.25, 0.3) is 0 Å². The molecule has 0 heterocycles. The van der Waals surface area contributed by atoms with Crippen molar-refractivity contribution in [2.75, 3.05) is 0 Å². The molecule has 2 heteroatoms. The van der Waals surface area contributed by atoms with Crippen LogP contribution >= 0.6 is 11.6 Å². The SMILES string of the molecule is Cc1cccc(C)c1CC(N)c1cccc(Cl)c1. The van der Waals surface area contributed by atoms with Gasteiger partial charge in [-0.2, -0.15) is 0 Å². The van der Waals surface area contributed by atoms with Crippen LogP contribution in [0.15, 0.2) is 42.5 Å². The number of aryl methyl sites for hydroxylation is 2. The Balaban J connectivity index is 2.24. The van der Waals surface area contributed by atoms with E-state index in [1.54, 1.807) is 0 Å². The average molecular weight is 260 g/mol. The number of halogens is 1. The molecule has 0 aliphatic carbocycles. The Labute approximate surface area is 114 Å². The minimum Gasteiger partial charge on any atom is -0.324 e. The molecule has 0 spiro atoms. The fraction of sp³-hybridized carbons (Fsp3) is 0.250. The molecule has 0 saturated carbocycles. The molecule has 0 amide bonds. The van der Waals surface area contributed by atoms with E-state index < -0.39 is 0 Å². The fourth-order valence-corrected chi connectivity index (χ4v) is 2.44. The Morgan fingerprint density at radius 1 is 1.06 bits per heavy atom. The predicted molar refractivity (Wildman–Crippen MR) is 78.0 cm³/mol. The van der Waals surface area contributed by atoms with E-state index in [0.29, 0.717) is 0 Å². The molecule has 0 bridgehead atoms. The molecule has 2 aromatic carbocycles. The lowest BCUT2D eigenvalue weighted by atomic mass is 9.93. The normalized spacial score (nSPS) is 12.4. The van der Waals surface area contributed by atoms with Crippen molar-refractivity contribution in [1.82, 2.24) is 0 Å². The number of hydrogen-bond acceptors (Lipinski definition) is 1. The lowest BCUT2D eigenvalue weighted by Crippen LogP contribution is -2.14. The lowest BCUT2D eigenvalue weighted by molar-refractivity contribution is 0.715. The van der Waals surface area contributed by atoms with E-state index in [9.17, 15) is 0 Å². The molecule has 2 rings (SSSR count). The second-order valence-electron chi connectivity index (χ2n) is 4.74. The van der Waals surface area contributed by atoms with Crippen molar-refractivity contribution in [3.8, 4) is 0 Å². The highest BCUT2D eigenvalue weighted by molar-refractivity contribution is 6.30. The van der Waals surface area contributed by atoms with Crippen molar-refractivity contribution >= 4 is 11.6 Å². The number of nitrogens with two attached hydrogens (primary N) is 1. The summed E-state index contributed by atoms with van der Waals surface area (Å²) in [4.78, 5) is 0. The van der Waals surface area contributed by atoms with Gasteiger partial charge in [-0.15, -0.1) is 0 Å². The second kappa shape index (κ2) is 5.55. The van der Waals surface area contributed by atoms with E-state index in [2.05, 4.69) is 32.0 Å². The molecule has 0 fully saturated rings. The Morgan fingerprint density at radius 3 is 2.28 bits per heavy atom. The molecular formula is C16H18ClN. The van der Waals surface area contributed by atoms with Gasteiger partial charge in [0.1, 0.15) is 0 Å². The first-order chi connectivity index (χ1) is 8.58. The van der Waals surface area contributed by atoms with Gasteiger partial charge in [0.05, 0.1) is 0 Å². The van der Waals surface area contributed by atoms with E-state index in [0.717, 1.165) is 17.0 Å². The Bertz CT molecular complexity index is 528. The quantitative estimate of drug-likeness (QED) is 0.878. The molecule has 94 valence electrons. The summed E-state index contributed by atoms with van der Waals surface area (Å²) >= 11 is 6.00. The van der Waals surface area contributed by atoms with Crippen molar-refractivity contribution < 1.29 is 0 Å². The van der Waals surface area contributed by atoms with Crippen LogP contribution in [0.2, 0.25) is 5.02 Å². The molecule has 2 N–H and O–H groups in total. The highest BCUT2D eigenvalue weighted by atomic mass is 35.5. The molecule has 18 heavy (non-hydrogen) atoms. The first-order valence-corrected chi connectivity index (χ1v) is 6.52. The van der Waals surface area contributed by atoms with E-state index in [-0.39, 0.29) is 6.04 Å². The molecule has 1 nitrogen and oxygen atoms in total. The molecule has 1 atom stereocenters. The molecule has 1 unspecified atom stereocenters. The third kappa shape index (κ3) is 2.92. The van der Waals surface area contributed by atoms with Gasteiger partial charge in [-0.25, -0.2) is 0 Å². The maximum atomic E-state index is 6.28. The van der Waals surface area contributed by atoms with Gasteiger partial charge >= 0.3 is 0 Å². The summed E-state index contributed by atoms with van der Waals surface area (Å²) in [6.07, 6.45) is 0.846. The summed E-state index contributed by atoms with van der Waals surface area (Å²) in [7, 11) is 0. The maximum Gasteiger partial charge on any atom is 0.0409 e. The van der Waals surface area contributed by atoms with Gasteiger partial charge < -0.3 is 5.73 Å². The zero-order valence-corrected chi connectivity index (χ0v) is 11.5. The van der Waals surface area contributed by atoms with E-state index in [1.165, 1.54) is 16.7 Å². The summed E-state index contributed by atoms with van der Waals surface area (Å²) in [5.41, 5.74) is 11.3. The van der Waals surface area contributed by atoms with E-state index in [1.807, 2.05) is 24.3 Å². The molecular weight excluding hydrogens is 242 g/mol. The van der Waals surface area contributed by atoms with Crippen molar-refractivity contribution in [3.05, 3.63) is 69.7 Å². The molecule has 0 radical (unpaired) electrons. The van der Waals surface area contributed by atoms with Crippen LogP contribution in [0.1, 0.15) is 28.3 Å². The maximum absolute atomic E-state index is 6.28. The number of hydrogen-bond donors (Lipinski definition) is 1. The zero-order chi connectivity index (χ0) is 13.1. The lowest BCUT2D eigenvalue weighted by Gasteiger charge is -2.16. The standard InChI is InChI=1S/C16H18ClN/c1-11-5-3-6-12(2)15(11)10-16(18)13-7-4-8-14(17)9-13/h3-9,16H,10,18H2,1-2H3. The molecule has 2 aromatic rings. The summed E-state index contributed by atoms with van der Waals surface area (Å²) in [5, 5.41) is 0.740. The largest absolute Gasteiger partial charge is 0.324 e. The topological polar surface area (TPSA) is 26.0 Å². The third-order valence-corrected chi connectivity index (χ3v) is 3.58. The molecule has 0 aliphatic rings.